The minimum atomic E-state index is 0.700. The van der Waals surface area contributed by atoms with E-state index in [0.29, 0.717) is 6.61 Å². The van der Waals surface area contributed by atoms with Crippen molar-refractivity contribution in [3.63, 3.8) is 0 Å². The summed E-state index contributed by atoms with van der Waals surface area (Å²) in [5.74, 6) is 0.926. The zero-order chi connectivity index (χ0) is 11.9. The molecule has 3 nitrogen and oxygen atoms in total. The van der Waals surface area contributed by atoms with Crippen LogP contribution in [0.3, 0.4) is 0 Å². The molecule has 0 aliphatic rings. The number of rotatable bonds is 6. The summed E-state index contributed by atoms with van der Waals surface area (Å²) in [7, 11) is 0. The molecule has 0 unspecified atom stereocenters. The smallest absolute Gasteiger partial charge is 0.119 e. The standard InChI is InChI=1S/C14H17NO2/c1-2-17-14-5-3-4-12(8-14)9-15-10-13-6-7-16-11-13/h3-8,11,15H,2,9-10H2,1H3. The average Bonchev–Trinajstić information content (AvgIpc) is 2.83. The number of benzene rings is 1. The van der Waals surface area contributed by atoms with Gasteiger partial charge in [-0.15, -0.1) is 0 Å². The maximum absolute atomic E-state index is 5.46. The number of hydrogen-bond donors (Lipinski definition) is 1. The fourth-order valence-electron chi connectivity index (χ4n) is 1.66. The van der Waals surface area contributed by atoms with E-state index in [1.165, 1.54) is 5.56 Å². The predicted octanol–water partition coefficient (Wildman–Crippen LogP) is 2.97. The Balaban J connectivity index is 1.84. The van der Waals surface area contributed by atoms with Crippen molar-refractivity contribution in [2.75, 3.05) is 6.61 Å². The van der Waals surface area contributed by atoms with Crippen LogP contribution in [0, 0.1) is 0 Å². The average molecular weight is 231 g/mol. The second kappa shape index (κ2) is 6.11. The number of ether oxygens (including phenoxy) is 1. The van der Waals surface area contributed by atoms with Crippen molar-refractivity contribution in [2.24, 2.45) is 0 Å². The SMILES string of the molecule is CCOc1cccc(CNCc2ccoc2)c1. The van der Waals surface area contributed by atoms with Crippen LogP contribution in [0.4, 0.5) is 0 Å². The topological polar surface area (TPSA) is 34.4 Å². The van der Waals surface area contributed by atoms with Gasteiger partial charge in [0.2, 0.25) is 0 Å². The lowest BCUT2D eigenvalue weighted by atomic mass is 10.2. The zero-order valence-corrected chi connectivity index (χ0v) is 9.98. The summed E-state index contributed by atoms with van der Waals surface area (Å²) in [5, 5.41) is 3.36. The van der Waals surface area contributed by atoms with Gasteiger partial charge in [0.05, 0.1) is 19.1 Å². The second-order valence-electron chi connectivity index (χ2n) is 3.82. The molecule has 0 saturated heterocycles. The van der Waals surface area contributed by atoms with E-state index in [1.807, 2.05) is 25.1 Å². The third-order valence-electron chi connectivity index (χ3n) is 2.45. The molecule has 0 atom stereocenters. The number of nitrogens with one attached hydrogen (secondary N) is 1. The van der Waals surface area contributed by atoms with E-state index in [0.717, 1.165) is 24.4 Å². The largest absolute Gasteiger partial charge is 0.494 e. The molecule has 1 aromatic carbocycles. The quantitative estimate of drug-likeness (QED) is 0.830. The molecule has 1 N–H and O–H groups in total. The minimum Gasteiger partial charge on any atom is -0.494 e. The first-order valence-corrected chi connectivity index (χ1v) is 5.82. The highest BCUT2D eigenvalue weighted by molar-refractivity contribution is 5.28. The molecule has 2 rings (SSSR count). The normalized spacial score (nSPS) is 10.4. The van der Waals surface area contributed by atoms with E-state index in [9.17, 15) is 0 Å². The minimum absolute atomic E-state index is 0.700. The van der Waals surface area contributed by atoms with Gasteiger partial charge in [0.1, 0.15) is 5.75 Å². The van der Waals surface area contributed by atoms with E-state index in [-0.39, 0.29) is 0 Å². The van der Waals surface area contributed by atoms with Crippen LogP contribution in [0.2, 0.25) is 0 Å². The molecule has 0 spiro atoms. The Labute approximate surface area is 101 Å². The molecule has 1 heterocycles. The Hall–Kier alpha value is -1.74. The highest BCUT2D eigenvalue weighted by Crippen LogP contribution is 2.13. The van der Waals surface area contributed by atoms with Gasteiger partial charge in [-0.2, -0.15) is 0 Å². The van der Waals surface area contributed by atoms with Crippen LogP contribution < -0.4 is 10.1 Å². The summed E-state index contributed by atoms with van der Waals surface area (Å²) in [6.45, 7) is 4.33. The molecular formula is C14H17NO2. The van der Waals surface area contributed by atoms with Crippen molar-refractivity contribution in [3.8, 4) is 5.75 Å². The lowest BCUT2D eigenvalue weighted by Gasteiger charge is -2.06. The highest BCUT2D eigenvalue weighted by Gasteiger charge is 1.97. The summed E-state index contributed by atoms with van der Waals surface area (Å²) < 4.78 is 10.5. The van der Waals surface area contributed by atoms with Crippen molar-refractivity contribution in [3.05, 3.63) is 54.0 Å². The Kier molecular flexibility index (Phi) is 4.22. The Bertz CT molecular complexity index is 437. The third kappa shape index (κ3) is 3.64. The van der Waals surface area contributed by atoms with Crippen molar-refractivity contribution in [1.29, 1.82) is 0 Å². The fourth-order valence-corrected chi connectivity index (χ4v) is 1.66. The summed E-state index contributed by atoms with van der Waals surface area (Å²) >= 11 is 0. The first-order valence-electron chi connectivity index (χ1n) is 5.82. The van der Waals surface area contributed by atoms with Gasteiger partial charge >= 0.3 is 0 Å². The van der Waals surface area contributed by atoms with E-state index in [2.05, 4.69) is 17.4 Å². The summed E-state index contributed by atoms with van der Waals surface area (Å²) in [6, 6.07) is 10.1. The van der Waals surface area contributed by atoms with Gasteiger partial charge < -0.3 is 14.5 Å². The molecule has 2 aromatic rings. The maximum Gasteiger partial charge on any atom is 0.119 e. The second-order valence-corrected chi connectivity index (χ2v) is 3.82. The van der Waals surface area contributed by atoms with Gasteiger partial charge in [-0.05, 0) is 30.7 Å². The molecule has 0 aliphatic heterocycles. The van der Waals surface area contributed by atoms with E-state index < -0.39 is 0 Å². The predicted molar refractivity (Wildman–Crippen MR) is 66.9 cm³/mol. The van der Waals surface area contributed by atoms with Crippen molar-refractivity contribution >= 4 is 0 Å². The molecule has 0 fully saturated rings. The first kappa shape index (κ1) is 11.7. The number of hydrogen-bond acceptors (Lipinski definition) is 3. The lowest BCUT2D eigenvalue weighted by Crippen LogP contribution is -2.12. The molecule has 17 heavy (non-hydrogen) atoms. The Morgan fingerprint density at radius 1 is 1.18 bits per heavy atom. The van der Waals surface area contributed by atoms with Gasteiger partial charge in [-0.1, -0.05) is 12.1 Å². The summed E-state index contributed by atoms with van der Waals surface area (Å²) in [5.41, 5.74) is 2.38. The van der Waals surface area contributed by atoms with Crippen LogP contribution in [-0.2, 0) is 13.1 Å². The zero-order valence-electron chi connectivity index (χ0n) is 9.98. The van der Waals surface area contributed by atoms with Gasteiger partial charge in [0.25, 0.3) is 0 Å². The Morgan fingerprint density at radius 3 is 2.82 bits per heavy atom. The summed E-state index contributed by atoms with van der Waals surface area (Å²) in [6.07, 6.45) is 3.44. The third-order valence-corrected chi connectivity index (χ3v) is 2.45. The molecule has 3 heteroatoms. The van der Waals surface area contributed by atoms with Crippen molar-refractivity contribution in [2.45, 2.75) is 20.0 Å². The van der Waals surface area contributed by atoms with Crippen molar-refractivity contribution < 1.29 is 9.15 Å². The molecule has 0 aliphatic carbocycles. The van der Waals surface area contributed by atoms with Crippen LogP contribution in [-0.4, -0.2) is 6.61 Å². The number of furan rings is 1. The van der Waals surface area contributed by atoms with Crippen LogP contribution in [0.15, 0.2) is 47.3 Å². The highest BCUT2D eigenvalue weighted by atomic mass is 16.5. The molecule has 90 valence electrons. The summed E-state index contributed by atoms with van der Waals surface area (Å²) in [4.78, 5) is 0. The lowest BCUT2D eigenvalue weighted by molar-refractivity contribution is 0.340. The monoisotopic (exact) mass is 231 g/mol. The fraction of sp³-hybridized carbons (Fsp3) is 0.286. The molecular weight excluding hydrogens is 214 g/mol. The van der Waals surface area contributed by atoms with Gasteiger partial charge in [-0.3, -0.25) is 0 Å². The van der Waals surface area contributed by atoms with Crippen LogP contribution in [0.1, 0.15) is 18.1 Å². The Morgan fingerprint density at radius 2 is 2.06 bits per heavy atom. The van der Waals surface area contributed by atoms with E-state index in [4.69, 9.17) is 9.15 Å². The molecule has 0 amide bonds. The molecule has 0 radical (unpaired) electrons. The van der Waals surface area contributed by atoms with E-state index in [1.54, 1.807) is 12.5 Å². The van der Waals surface area contributed by atoms with E-state index >= 15 is 0 Å². The van der Waals surface area contributed by atoms with Crippen LogP contribution >= 0.6 is 0 Å². The van der Waals surface area contributed by atoms with Crippen molar-refractivity contribution in [1.82, 2.24) is 5.32 Å². The molecule has 0 bridgehead atoms. The van der Waals surface area contributed by atoms with Crippen LogP contribution in [0.25, 0.3) is 0 Å². The van der Waals surface area contributed by atoms with Gasteiger partial charge in [0.15, 0.2) is 0 Å². The molecule has 1 aromatic heterocycles. The van der Waals surface area contributed by atoms with Gasteiger partial charge in [-0.25, -0.2) is 0 Å². The van der Waals surface area contributed by atoms with Gasteiger partial charge in [0, 0.05) is 18.7 Å². The molecule has 0 saturated carbocycles. The first-order chi connectivity index (χ1) is 8.38. The maximum atomic E-state index is 5.46. The van der Waals surface area contributed by atoms with Crippen LogP contribution in [0.5, 0.6) is 5.75 Å².